The average molecular weight is 235 g/mol. The van der Waals surface area contributed by atoms with Crippen molar-refractivity contribution in [2.45, 2.75) is 6.54 Å². The molecule has 1 aliphatic rings. The van der Waals surface area contributed by atoms with E-state index < -0.39 is 0 Å². The van der Waals surface area contributed by atoms with E-state index in [2.05, 4.69) is 0 Å². The predicted molar refractivity (Wildman–Crippen MR) is 64.8 cm³/mol. The van der Waals surface area contributed by atoms with Gasteiger partial charge in [-0.2, -0.15) is 10.5 Å². The summed E-state index contributed by atoms with van der Waals surface area (Å²) < 4.78 is 0. The highest BCUT2D eigenvalue weighted by Gasteiger charge is 2.24. The summed E-state index contributed by atoms with van der Waals surface area (Å²) in [6.07, 6.45) is 4.50. The minimum atomic E-state index is -0.0642. The molecule has 0 atom stereocenters. The smallest absolute Gasteiger partial charge is 0.258 e. The summed E-state index contributed by atoms with van der Waals surface area (Å²) >= 11 is 0. The topological polar surface area (TPSA) is 67.9 Å². The van der Waals surface area contributed by atoms with Gasteiger partial charge in [0, 0.05) is 11.8 Å². The number of carbonyl (C=O) groups excluding carboxylic acids is 1. The van der Waals surface area contributed by atoms with Gasteiger partial charge in [0.25, 0.3) is 5.91 Å². The van der Waals surface area contributed by atoms with Gasteiger partial charge in [-0.1, -0.05) is 18.2 Å². The Hall–Kier alpha value is -2.85. The molecule has 0 fully saturated rings. The van der Waals surface area contributed by atoms with Crippen LogP contribution in [0.2, 0.25) is 0 Å². The van der Waals surface area contributed by atoms with E-state index in [4.69, 9.17) is 10.5 Å². The highest BCUT2D eigenvalue weighted by Crippen LogP contribution is 2.22. The molecule has 0 unspecified atom stereocenters. The Morgan fingerprint density at radius 3 is 2.67 bits per heavy atom. The second-order valence-electron chi connectivity index (χ2n) is 3.74. The van der Waals surface area contributed by atoms with Crippen LogP contribution in [0.5, 0.6) is 0 Å². The van der Waals surface area contributed by atoms with E-state index >= 15 is 0 Å². The lowest BCUT2D eigenvalue weighted by Crippen LogP contribution is -2.16. The van der Waals surface area contributed by atoms with Gasteiger partial charge < -0.3 is 4.90 Å². The molecule has 0 bridgehead atoms. The predicted octanol–water partition coefficient (Wildman–Crippen LogP) is 2.13. The van der Waals surface area contributed by atoms with Crippen molar-refractivity contribution in [1.82, 2.24) is 4.90 Å². The maximum absolute atomic E-state index is 11.9. The lowest BCUT2D eigenvalue weighted by Gasteiger charge is -2.07. The van der Waals surface area contributed by atoms with Crippen LogP contribution < -0.4 is 0 Å². The molecule has 1 aromatic rings. The summed E-state index contributed by atoms with van der Waals surface area (Å²) in [4.78, 5) is 13.5. The van der Waals surface area contributed by atoms with Crippen LogP contribution >= 0.6 is 0 Å². The molecule has 1 amide bonds. The van der Waals surface area contributed by atoms with Gasteiger partial charge in [-0.05, 0) is 23.8 Å². The third-order valence-corrected chi connectivity index (χ3v) is 2.62. The molecule has 0 N–H and O–H groups in total. The van der Waals surface area contributed by atoms with Gasteiger partial charge in [0.05, 0.1) is 6.54 Å². The first-order chi connectivity index (χ1) is 8.76. The lowest BCUT2D eigenvalue weighted by atomic mass is 10.1. The standard InChI is InChI=1S/C14H9N3O/c15-8-11(9-16)4-3-7-17-10-12-5-1-2-6-13(12)14(17)18/h1-7H,10H2/b7-3+. The Balaban J connectivity index is 2.15. The maximum Gasteiger partial charge on any atom is 0.258 e. The number of hydrogen-bond donors (Lipinski definition) is 0. The van der Waals surface area contributed by atoms with E-state index in [1.54, 1.807) is 29.3 Å². The van der Waals surface area contributed by atoms with Crippen LogP contribution in [0, 0.1) is 22.7 Å². The highest BCUT2D eigenvalue weighted by molar-refractivity contribution is 5.98. The number of carbonyl (C=O) groups is 1. The molecule has 0 aromatic heterocycles. The molecule has 0 saturated carbocycles. The monoisotopic (exact) mass is 235 g/mol. The zero-order valence-corrected chi connectivity index (χ0v) is 9.50. The summed E-state index contributed by atoms with van der Waals surface area (Å²) in [6.45, 7) is 0.522. The van der Waals surface area contributed by atoms with Crippen LogP contribution in [0.1, 0.15) is 15.9 Å². The number of amides is 1. The average Bonchev–Trinajstić information content (AvgIpc) is 2.72. The number of benzene rings is 1. The first-order valence-corrected chi connectivity index (χ1v) is 5.34. The van der Waals surface area contributed by atoms with Crippen LogP contribution in [-0.4, -0.2) is 10.8 Å². The number of hydrogen-bond acceptors (Lipinski definition) is 3. The Bertz CT molecular complexity index is 613. The number of fused-ring (bicyclic) bond motifs is 1. The van der Waals surface area contributed by atoms with Crippen molar-refractivity contribution in [2.24, 2.45) is 0 Å². The second-order valence-corrected chi connectivity index (χ2v) is 3.74. The van der Waals surface area contributed by atoms with Gasteiger partial charge in [0.15, 0.2) is 0 Å². The van der Waals surface area contributed by atoms with Crippen molar-refractivity contribution in [3.63, 3.8) is 0 Å². The van der Waals surface area contributed by atoms with Crippen molar-refractivity contribution in [3.05, 3.63) is 59.3 Å². The summed E-state index contributed by atoms with van der Waals surface area (Å²) in [5, 5.41) is 17.1. The van der Waals surface area contributed by atoms with Crippen molar-refractivity contribution < 1.29 is 4.79 Å². The summed E-state index contributed by atoms with van der Waals surface area (Å²) in [7, 11) is 0. The summed E-state index contributed by atoms with van der Waals surface area (Å²) in [5.41, 5.74) is 1.69. The largest absolute Gasteiger partial charge is 0.311 e. The van der Waals surface area contributed by atoms with Crippen molar-refractivity contribution >= 4 is 5.91 Å². The fourth-order valence-corrected chi connectivity index (χ4v) is 1.74. The molecule has 1 aliphatic heterocycles. The van der Waals surface area contributed by atoms with Gasteiger partial charge >= 0.3 is 0 Å². The third-order valence-electron chi connectivity index (χ3n) is 2.62. The quantitative estimate of drug-likeness (QED) is 0.582. The van der Waals surface area contributed by atoms with Crippen LogP contribution in [0.4, 0.5) is 0 Å². The number of nitrogens with zero attached hydrogens (tertiary/aromatic N) is 3. The summed E-state index contributed by atoms with van der Waals surface area (Å²) in [5.74, 6) is -0.0642. The zero-order chi connectivity index (χ0) is 13.0. The Kier molecular flexibility index (Phi) is 3.22. The maximum atomic E-state index is 11.9. The SMILES string of the molecule is N#CC(C#N)=C/C=C/N1Cc2ccccc2C1=O. The fraction of sp³-hybridized carbons (Fsp3) is 0.0714. The highest BCUT2D eigenvalue weighted by atomic mass is 16.2. The molecule has 0 spiro atoms. The fourth-order valence-electron chi connectivity index (χ4n) is 1.74. The van der Waals surface area contributed by atoms with Crippen LogP contribution in [0.3, 0.4) is 0 Å². The Morgan fingerprint density at radius 2 is 2.00 bits per heavy atom. The third kappa shape index (κ3) is 2.14. The number of allylic oxidation sites excluding steroid dienone is 3. The van der Waals surface area contributed by atoms with E-state index in [1.165, 1.54) is 12.2 Å². The van der Waals surface area contributed by atoms with Crippen LogP contribution in [0.25, 0.3) is 0 Å². The molecule has 18 heavy (non-hydrogen) atoms. The Labute approximate surface area is 105 Å². The first-order valence-electron chi connectivity index (χ1n) is 5.34. The van der Waals surface area contributed by atoms with E-state index in [0.717, 1.165) is 5.56 Å². The Morgan fingerprint density at radius 1 is 1.28 bits per heavy atom. The zero-order valence-electron chi connectivity index (χ0n) is 9.50. The van der Waals surface area contributed by atoms with E-state index in [9.17, 15) is 4.79 Å². The number of rotatable bonds is 2. The molecule has 4 nitrogen and oxygen atoms in total. The lowest BCUT2D eigenvalue weighted by molar-refractivity contribution is 0.0842. The van der Waals surface area contributed by atoms with Gasteiger partial charge in [-0.3, -0.25) is 4.79 Å². The van der Waals surface area contributed by atoms with Crippen molar-refractivity contribution in [2.75, 3.05) is 0 Å². The van der Waals surface area contributed by atoms with Gasteiger partial charge in [0.2, 0.25) is 0 Å². The summed E-state index contributed by atoms with van der Waals surface area (Å²) in [6, 6.07) is 10.9. The van der Waals surface area contributed by atoms with Gasteiger partial charge in [-0.15, -0.1) is 0 Å². The molecule has 86 valence electrons. The number of nitriles is 2. The molecule has 4 heteroatoms. The molecule has 2 rings (SSSR count). The second kappa shape index (κ2) is 4.99. The molecular weight excluding hydrogens is 226 g/mol. The van der Waals surface area contributed by atoms with E-state index in [1.807, 2.05) is 18.2 Å². The van der Waals surface area contributed by atoms with E-state index in [0.29, 0.717) is 12.1 Å². The molecule has 1 heterocycles. The van der Waals surface area contributed by atoms with Crippen LogP contribution in [0.15, 0.2) is 48.2 Å². The van der Waals surface area contributed by atoms with Gasteiger partial charge in [-0.25, -0.2) is 0 Å². The van der Waals surface area contributed by atoms with E-state index in [-0.39, 0.29) is 11.5 Å². The van der Waals surface area contributed by atoms with Crippen molar-refractivity contribution in [1.29, 1.82) is 10.5 Å². The normalized spacial score (nSPS) is 13.0. The van der Waals surface area contributed by atoms with Gasteiger partial charge in [0.1, 0.15) is 17.7 Å². The minimum Gasteiger partial charge on any atom is -0.311 e. The van der Waals surface area contributed by atoms with Crippen molar-refractivity contribution in [3.8, 4) is 12.1 Å². The molecule has 0 saturated heterocycles. The minimum absolute atomic E-state index is 0.00964. The van der Waals surface area contributed by atoms with Crippen LogP contribution in [-0.2, 0) is 6.54 Å². The molecule has 0 radical (unpaired) electrons. The molecular formula is C14H9N3O. The first kappa shape index (κ1) is 11.6. The molecule has 1 aromatic carbocycles. The molecule has 0 aliphatic carbocycles.